The average Bonchev–Trinajstić information content (AvgIpc) is 2.54. The number of aryl methyl sites for hydroxylation is 1. The highest BCUT2D eigenvalue weighted by Gasteiger charge is 2.22. The second kappa shape index (κ2) is 7.34. The topological polar surface area (TPSA) is 46.6 Å². The van der Waals surface area contributed by atoms with Crippen LogP contribution in [0.1, 0.15) is 18.1 Å². The molecule has 0 N–H and O–H groups in total. The van der Waals surface area contributed by atoms with Crippen molar-refractivity contribution in [2.75, 3.05) is 14.2 Å². The van der Waals surface area contributed by atoms with Gasteiger partial charge in [0.25, 0.3) is 0 Å². The van der Waals surface area contributed by atoms with Gasteiger partial charge in [-0.2, -0.15) is 4.31 Å². The van der Waals surface area contributed by atoms with Crippen LogP contribution in [0.5, 0.6) is 5.75 Å². The number of halogens is 1. The second-order valence-corrected chi connectivity index (χ2v) is 7.70. The van der Waals surface area contributed by atoms with Crippen molar-refractivity contribution in [3.8, 4) is 5.75 Å². The van der Waals surface area contributed by atoms with Crippen molar-refractivity contribution in [2.24, 2.45) is 0 Å². The molecule has 124 valence electrons. The zero-order valence-electron chi connectivity index (χ0n) is 13.4. The molecule has 0 atom stereocenters. The van der Waals surface area contributed by atoms with Crippen LogP contribution in [0.25, 0.3) is 0 Å². The minimum absolute atomic E-state index is 0.260. The van der Waals surface area contributed by atoms with Crippen LogP contribution in [-0.2, 0) is 23.0 Å². The van der Waals surface area contributed by atoms with E-state index in [1.54, 1.807) is 50.6 Å². The molecule has 23 heavy (non-hydrogen) atoms. The van der Waals surface area contributed by atoms with Crippen molar-refractivity contribution in [1.82, 2.24) is 4.31 Å². The molecule has 0 unspecified atom stereocenters. The van der Waals surface area contributed by atoms with Crippen LogP contribution >= 0.6 is 11.6 Å². The van der Waals surface area contributed by atoms with E-state index in [1.165, 1.54) is 4.31 Å². The Hall–Kier alpha value is -1.56. The van der Waals surface area contributed by atoms with E-state index in [1.807, 2.05) is 13.0 Å². The summed E-state index contributed by atoms with van der Waals surface area (Å²) in [6.07, 6.45) is 0.699. The molecule has 0 aromatic heterocycles. The molecule has 2 aromatic rings. The summed E-state index contributed by atoms with van der Waals surface area (Å²) >= 11 is 5.95. The third kappa shape index (κ3) is 4.05. The fraction of sp³-hybridized carbons (Fsp3) is 0.294. The Balaban J connectivity index is 2.30. The molecule has 6 heteroatoms. The molecular formula is C17H20ClNO3S. The smallest absolute Gasteiger partial charge is 0.243 e. The summed E-state index contributed by atoms with van der Waals surface area (Å²) in [6, 6.07) is 12.1. The predicted molar refractivity (Wildman–Crippen MR) is 92.5 cm³/mol. The largest absolute Gasteiger partial charge is 0.496 e. The van der Waals surface area contributed by atoms with Gasteiger partial charge < -0.3 is 4.74 Å². The molecule has 0 heterocycles. The van der Waals surface area contributed by atoms with E-state index in [2.05, 4.69) is 0 Å². The Morgan fingerprint density at radius 2 is 1.91 bits per heavy atom. The maximum atomic E-state index is 12.7. The molecule has 0 amide bonds. The van der Waals surface area contributed by atoms with Gasteiger partial charge in [-0.25, -0.2) is 8.42 Å². The van der Waals surface area contributed by atoms with E-state index in [-0.39, 0.29) is 11.4 Å². The van der Waals surface area contributed by atoms with Crippen molar-refractivity contribution in [2.45, 2.75) is 24.8 Å². The highest BCUT2D eigenvalue weighted by molar-refractivity contribution is 7.89. The fourth-order valence-corrected chi connectivity index (χ4v) is 3.77. The number of ether oxygens (including phenoxy) is 1. The maximum Gasteiger partial charge on any atom is 0.243 e. The summed E-state index contributed by atoms with van der Waals surface area (Å²) in [5.74, 6) is 0.698. The van der Waals surface area contributed by atoms with Gasteiger partial charge in [0.05, 0.1) is 12.0 Å². The summed E-state index contributed by atoms with van der Waals surface area (Å²) in [5.41, 5.74) is 1.71. The van der Waals surface area contributed by atoms with E-state index in [4.69, 9.17) is 16.3 Å². The molecule has 0 radical (unpaired) electrons. The second-order valence-electron chi connectivity index (χ2n) is 5.22. The first-order valence-corrected chi connectivity index (χ1v) is 9.08. The van der Waals surface area contributed by atoms with E-state index in [0.29, 0.717) is 17.2 Å². The van der Waals surface area contributed by atoms with Crippen LogP contribution in [0.4, 0.5) is 0 Å². The minimum atomic E-state index is -3.57. The van der Waals surface area contributed by atoms with Gasteiger partial charge in [-0.1, -0.05) is 30.7 Å². The summed E-state index contributed by atoms with van der Waals surface area (Å²) in [4.78, 5) is 0.264. The highest BCUT2D eigenvalue weighted by atomic mass is 35.5. The molecule has 2 aromatic carbocycles. The number of nitrogens with zero attached hydrogens (tertiary/aromatic N) is 1. The Morgan fingerprint density at radius 1 is 1.17 bits per heavy atom. The quantitative estimate of drug-likeness (QED) is 0.794. The lowest BCUT2D eigenvalue weighted by Crippen LogP contribution is -2.26. The summed E-state index contributed by atoms with van der Waals surface area (Å²) < 4.78 is 32.1. The number of hydrogen-bond donors (Lipinski definition) is 0. The third-order valence-electron chi connectivity index (χ3n) is 3.64. The molecule has 0 spiro atoms. The van der Waals surface area contributed by atoms with Crippen LogP contribution < -0.4 is 4.74 Å². The molecule has 0 saturated heterocycles. The molecule has 0 saturated carbocycles. The van der Waals surface area contributed by atoms with Gasteiger partial charge in [-0.15, -0.1) is 0 Å². The number of benzene rings is 2. The molecule has 0 bridgehead atoms. The van der Waals surface area contributed by atoms with Gasteiger partial charge in [0.1, 0.15) is 5.75 Å². The van der Waals surface area contributed by atoms with Crippen LogP contribution in [0, 0.1) is 0 Å². The number of hydrogen-bond acceptors (Lipinski definition) is 3. The van der Waals surface area contributed by atoms with E-state index >= 15 is 0 Å². The van der Waals surface area contributed by atoms with Gasteiger partial charge in [0, 0.05) is 18.6 Å². The normalized spacial score (nSPS) is 11.7. The molecule has 0 aliphatic carbocycles. The molecule has 2 rings (SSSR count). The number of methoxy groups -OCH3 is 1. The summed E-state index contributed by atoms with van der Waals surface area (Å²) in [6.45, 7) is 2.22. The minimum Gasteiger partial charge on any atom is -0.496 e. The molecule has 0 aliphatic heterocycles. The predicted octanol–water partition coefficient (Wildman–Crippen LogP) is 3.73. The average molecular weight is 354 g/mol. The molecule has 0 aliphatic rings. The van der Waals surface area contributed by atoms with E-state index < -0.39 is 10.0 Å². The van der Waals surface area contributed by atoms with Crippen LogP contribution in [0.3, 0.4) is 0 Å². The van der Waals surface area contributed by atoms with E-state index in [0.717, 1.165) is 11.1 Å². The first-order valence-electron chi connectivity index (χ1n) is 7.26. The zero-order valence-corrected chi connectivity index (χ0v) is 15.0. The van der Waals surface area contributed by atoms with Crippen molar-refractivity contribution >= 4 is 21.6 Å². The Kier molecular flexibility index (Phi) is 5.68. The van der Waals surface area contributed by atoms with Crippen molar-refractivity contribution in [1.29, 1.82) is 0 Å². The van der Waals surface area contributed by atoms with Crippen molar-refractivity contribution in [3.05, 3.63) is 58.6 Å². The SMILES string of the molecule is CCc1cc(S(=O)(=O)N(C)Cc2cccc(Cl)c2)ccc1OC. The summed E-state index contributed by atoms with van der Waals surface area (Å²) in [5, 5.41) is 0.589. The first kappa shape index (κ1) is 17.8. The molecular weight excluding hydrogens is 334 g/mol. The van der Waals surface area contributed by atoms with Gasteiger partial charge >= 0.3 is 0 Å². The van der Waals surface area contributed by atoms with Crippen LogP contribution in [-0.4, -0.2) is 26.9 Å². The Labute approximate surface area is 142 Å². The first-order chi connectivity index (χ1) is 10.9. The van der Waals surface area contributed by atoms with Crippen LogP contribution in [0.15, 0.2) is 47.4 Å². The number of rotatable bonds is 6. The van der Waals surface area contributed by atoms with Gasteiger partial charge in [0.15, 0.2) is 0 Å². The van der Waals surface area contributed by atoms with Gasteiger partial charge in [-0.3, -0.25) is 0 Å². The Bertz CT molecular complexity index is 790. The summed E-state index contributed by atoms with van der Waals surface area (Å²) in [7, 11) is -0.434. The van der Waals surface area contributed by atoms with Crippen molar-refractivity contribution < 1.29 is 13.2 Å². The van der Waals surface area contributed by atoms with E-state index in [9.17, 15) is 8.42 Å². The standard InChI is InChI=1S/C17H20ClNO3S/c1-4-14-11-16(8-9-17(14)22-3)23(20,21)19(2)12-13-6-5-7-15(18)10-13/h5-11H,4,12H2,1-3H3. The van der Waals surface area contributed by atoms with Crippen LogP contribution in [0.2, 0.25) is 5.02 Å². The van der Waals surface area contributed by atoms with Crippen molar-refractivity contribution in [3.63, 3.8) is 0 Å². The zero-order chi connectivity index (χ0) is 17.0. The molecule has 0 fully saturated rings. The lowest BCUT2D eigenvalue weighted by Gasteiger charge is -2.18. The fourth-order valence-electron chi connectivity index (χ4n) is 2.35. The van der Waals surface area contributed by atoms with Gasteiger partial charge in [0.2, 0.25) is 10.0 Å². The number of sulfonamides is 1. The third-order valence-corrected chi connectivity index (χ3v) is 5.67. The van der Waals surface area contributed by atoms with Gasteiger partial charge in [-0.05, 0) is 47.9 Å². The lowest BCUT2D eigenvalue weighted by atomic mass is 10.1. The highest BCUT2D eigenvalue weighted by Crippen LogP contribution is 2.25. The molecule has 4 nitrogen and oxygen atoms in total. The lowest BCUT2D eigenvalue weighted by molar-refractivity contribution is 0.409. The maximum absolute atomic E-state index is 12.7. The monoisotopic (exact) mass is 353 g/mol. The Morgan fingerprint density at radius 3 is 2.52 bits per heavy atom.